The lowest BCUT2D eigenvalue weighted by Gasteiger charge is -2.64. The van der Waals surface area contributed by atoms with Crippen molar-refractivity contribution in [2.24, 2.45) is 45.3 Å². The van der Waals surface area contributed by atoms with E-state index in [4.69, 9.17) is 4.74 Å². The average Bonchev–Trinajstić information content (AvgIpc) is 2.93. The molecule has 0 aromatic heterocycles. The third-order valence-electron chi connectivity index (χ3n) is 12.7. The summed E-state index contributed by atoms with van der Waals surface area (Å²) in [6, 6.07) is 2.15. The fourth-order valence-electron chi connectivity index (χ4n) is 10.3. The third kappa shape index (κ3) is 4.25. The molecule has 1 amide bonds. The molecule has 6 heteroatoms. The van der Waals surface area contributed by atoms with Crippen LogP contribution in [0.1, 0.15) is 91.9 Å². The molecule has 7 unspecified atom stereocenters. The predicted octanol–water partition coefficient (Wildman–Crippen LogP) is 5.82. The molecule has 0 radical (unpaired) electrons. The smallest absolute Gasteiger partial charge is 0.222 e. The van der Waals surface area contributed by atoms with Crippen molar-refractivity contribution in [1.29, 1.82) is 5.26 Å². The molecule has 216 valence electrons. The van der Waals surface area contributed by atoms with Crippen molar-refractivity contribution in [3.63, 3.8) is 0 Å². The fourth-order valence-corrected chi connectivity index (χ4v) is 10.3. The van der Waals surface area contributed by atoms with Gasteiger partial charge in [-0.3, -0.25) is 14.4 Å². The summed E-state index contributed by atoms with van der Waals surface area (Å²) >= 11 is 0. The second-order valence-electron chi connectivity index (χ2n) is 15.2. The van der Waals surface area contributed by atoms with Crippen molar-refractivity contribution < 1.29 is 19.1 Å². The predicted molar refractivity (Wildman–Crippen MR) is 152 cm³/mol. The van der Waals surface area contributed by atoms with Crippen LogP contribution < -0.4 is 0 Å². The van der Waals surface area contributed by atoms with E-state index in [0.29, 0.717) is 45.1 Å². The zero-order valence-electron chi connectivity index (χ0n) is 24.9. The van der Waals surface area contributed by atoms with E-state index >= 15 is 0 Å². The zero-order valence-corrected chi connectivity index (χ0v) is 24.9. The number of ether oxygens (including phenoxy) is 1. The number of hydrogen-bond donors (Lipinski definition) is 0. The van der Waals surface area contributed by atoms with Crippen molar-refractivity contribution in [2.75, 3.05) is 26.3 Å². The molecule has 5 aliphatic carbocycles. The SMILES string of the molecule is CC1(C)CCC2(CCC(=O)N3CCOCC3)CCC3C(C(=O)C=C4C5(C)C=C(C#N)C(=O)CC5CCC43C)C2C1. The molecule has 0 aromatic carbocycles. The molecule has 4 fully saturated rings. The number of allylic oxidation sites excluding steroid dienone is 4. The largest absolute Gasteiger partial charge is 0.378 e. The van der Waals surface area contributed by atoms with Crippen LogP contribution in [0.5, 0.6) is 0 Å². The highest BCUT2D eigenvalue weighted by atomic mass is 16.5. The lowest BCUT2D eigenvalue weighted by molar-refractivity contribution is -0.149. The molecule has 0 N–H and O–H groups in total. The van der Waals surface area contributed by atoms with Crippen molar-refractivity contribution in [3.8, 4) is 6.07 Å². The minimum absolute atomic E-state index is 0.00893. The third-order valence-corrected chi connectivity index (χ3v) is 12.7. The van der Waals surface area contributed by atoms with Gasteiger partial charge in [-0.1, -0.05) is 39.3 Å². The van der Waals surface area contributed by atoms with Crippen LogP contribution in [0, 0.1) is 56.7 Å². The molecule has 3 saturated carbocycles. The van der Waals surface area contributed by atoms with Crippen LogP contribution >= 0.6 is 0 Å². The van der Waals surface area contributed by atoms with Crippen LogP contribution in [-0.4, -0.2) is 48.7 Å². The Bertz CT molecular complexity index is 1220. The van der Waals surface area contributed by atoms with Gasteiger partial charge in [0.1, 0.15) is 6.07 Å². The zero-order chi connectivity index (χ0) is 28.5. The molecule has 0 bridgehead atoms. The summed E-state index contributed by atoms with van der Waals surface area (Å²) in [4.78, 5) is 42.1. The highest BCUT2D eigenvalue weighted by Gasteiger charge is 2.63. The van der Waals surface area contributed by atoms with Crippen LogP contribution in [0.4, 0.5) is 0 Å². The first-order valence-electron chi connectivity index (χ1n) is 15.7. The molecular formula is C34H46N2O4. The van der Waals surface area contributed by atoms with Gasteiger partial charge in [-0.15, -0.1) is 0 Å². The Hall–Kier alpha value is -2.26. The summed E-state index contributed by atoms with van der Waals surface area (Å²) in [7, 11) is 0. The first-order valence-corrected chi connectivity index (χ1v) is 15.7. The van der Waals surface area contributed by atoms with Crippen LogP contribution in [0.25, 0.3) is 0 Å². The van der Waals surface area contributed by atoms with E-state index in [9.17, 15) is 19.6 Å². The van der Waals surface area contributed by atoms with Crippen LogP contribution in [0.15, 0.2) is 23.3 Å². The maximum Gasteiger partial charge on any atom is 0.222 e. The number of fused-ring (bicyclic) bond motifs is 7. The Morgan fingerprint density at radius 1 is 1.05 bits per heavy atom. The van der Waals surface area contributed by atoms with Crippen LogP contribution in [0.2, 0.25) is 0 Å². The highest BCUT2D eigenvalue weighted by Crippen LogP contribution is 2.69. The van der Waals surface area contributed by atoms with Gasteiger partial charge < -0.3 is 9.64 Å². The minimum atomic E-state index is -0.419. The number of rotatable bonds is 3. The summed E-state index contributed by atoms with van der Waals surface area (Å²) < 4.78 is 5.46. The second kappa shape index (κ2) is 9.65. The van der Waals surface area contributed by atoms with Crippen molar-refractivity contribution >= 4 is 17.5 Å². The molecule has 1 heterocycles. The van der Waals surface area contributed by atoms with Gasteiger partial charge in [-0.25, -0.2) is 0 Å². The summed E-state index contributed by atoms with van der Waals surface area (Å²) in [5.74, 6) is 1.16. The van der Waals surface area contributed by atoms with Crippen molar-refractivity contribution in [2.45, 2.75) is 91.9 Å². The number of nitrogens with zero attached hydrogens (tertiary/aromatic N) is 2. The molecule has 1 saturated heterocycles. The molecule has 0 spiro atoms. The lowest BCUT2D eigenvalue weighted by atomic mass is 9.39. The van der Waals surface area contributed by atoms with E-state index in [2.05, 4.69) is 33.8 Å². The summed E-state index contributed by atoms with van der Waals surface area (Å²) in [6.07, 6.45) is 13.1. The molecule has 7 atom stereocenters. The Morgan fingerprint density at radius 2 is 1.80 bits per heavy atom. The number of nitriles is 1. The molecule has 0 aromatic rings. The Labute approximate surface area is 239 Å². The van der Waals surface area contributed by atoms with Gasteiger partial charge in [0, 0.05) is 37.3 Å². The average molecular weight is 547 g/mol. The van der Waals surface area contributed by atoms with E-state index in [0.717, 1.165) is 51.4 Å². The monoisotopic (exact) mass is 546 g/mol. The Balaban J connectivity index is 1.34. The van der Waals surface area contributed by atoms with Crippen molar-refractivity contribution in [3.05, 3.63) is 23.3 Å². The van der Waals surface area contributed by atoms with Crippen molar-refractivity contribution in [1.82, 2.24) is 4.90 Å². The Kier molecular flexibility index (Phi) is 6.73. The van der Waals surface area contributed by atoms with Crippen LogP contribution in [-0.2, 0) is 19.1 Å². The summed E-state index contributed by atoms with van der Waals surface area (Å²) in [6.45, 7) is 11.9. The van der Waals surface area contributed by atoms with Gasteiger partial charge in [0.15, 0.2) is 11.6 Å². The van der Waals surface area contributed by atoms with E-state index < -0.39 is 5.41 Å². The van der Waals surface area contributed by atoms with E-state index in [1.807, 2.05) is 17.1 Å². The topological polar surface area (TPSA) is 87.5 Å². The number of amides is 1. The lowest BCUT2D eigenvalue weighted by Crippen LogP contribution is -2.59. The molecule has 6 nitrogen and oxygen atoms in total. The minimum Gasteiger partial charge on any atom is -0.378 e. The molecular weight excluding hydrogens is 500 g/mol. The quantitative estimate of drug-likeness (QED) is 0.445. The molecule has 6 aliphatic rings. The number of morpholine rings is 1. The van der Waals surface area contributed by atoms with Gasteiger partial charge in [0.25, 0.3) is 0 Å². The summed E-state index contributed by atoms with van der Waals surface area (Å²) in [5.41, 5.74) is 1.14. The number of Topliss-reactive ketones (excluding diaryl/α,β-unsaturated/α-hetero) is 1. The number of carbonyl (C=O) groups is 3. The van der Waals surface area contributed by atoms with E-state index in [-0.39, 0.29) is 57.0 Å². The standard InChI is InChI=1S/C34H46N2O4/c1-31(2)11-12-34(10-7-29(39)36-13-15-40-16-14-36)9-6-24-30(25(34)20-31)27(38)18-28-32(24,3)8-5-23-17-26(37)22(21-35)19-33(23,28)4/h18-19,23-25,30H,5-17,20H2,1-4H3. The molecule has 40 heavy (non-hydrogen) atoms. The van der Waals surface area contributed by atoms with Gasteiger partial charge in [0.2, 0.25) is 5.91 Å². The van der Waals surface area contributed by atoms with E-state index in [1.165, 1.54) is 5.57 Å². The number of hydrogen-bond acceptors (Lipinski definition) is 5. The fraction of sp³-hybridized carbons (Fsp3) is 0.765. The van der Waals surface area contributed by atoms with E-state index in [1.54, 1.807) is 0 Å². The number of ketones is 2. The molecule has 6 rings (SSSR count). The second-order valence-corrected chi connectivity index (χ2v) is 15.2. The highest BCUT2D eigenvalue weighted by molar-refractivity contribution is 6.01. The van der Waals surface area contributed by atoms with Gasteiger partial charge >= 0.3 is 0 Å². The van der Waals surface area contributed by atoms with Gasteiger partial charge in [-0.05, 0) is 91.4 Å². The maximum atomic E-state index is 14.3. The van der Waals surface area contributed by atoms with Gasteiger partial charge in [0.05, 0.1) is 18.8 Å². The maximum absolute atomic E-state index is 14.3. The number of carbonyl (C=O) groups excluding carboxylic acids is 3. The van der Waals surface area contributed by atoms with Gasteiger partial charge in [-0.2, -0.15) is 5.26 Å². The normalized spacial score (nSPS) is 42.3. The first-order chi connectivity index (χ1) is 18.9. The Morgan fingerprint density at radius 3 is 2.52 bits per heavy atom. The molecule has 1 aliphatic heterocycles. The summed E-state index contributed by atoms with van der Waals surface area (Å²) in [5, 5.41) is 9.69. The first kappa shape index (κ1) is 27.9. The van der Waals surface area contributed by atoms with Crippen LogP contribution in [0.3, 0.4) is 0 Å².